The monoisotopic (exact) mass is 248 g/mol. The molecule has 3 heteroatoms. The first-order chi connectivity index (χ1) is 8.75. The third kappa shape index (κ3) is 4.07. The minimum Gasteiger partial charge on any atom is -0.392 e. The average Bonchev–Trinajstić information content (AvgIpc) is 2.40. The summed E-state index contributed by atoms with van der Waals surface area (Å²) in [4.78, 5) is 6.81. The van der Waals surface area contributed by atoms with Gasteiger partial charge in [0.2, 0.25) is 0 Å². The van der Waals surface area contributed by atoms with Crippen molar-refractivity contribution in [3.63, 3.8) is 0 Å². The van der Waals surface area contributed by atoms with Crippen molar-refractivity contribution in [2.45, 2.75) is 57.7 Å². The van der Waals surface area contributed by atoms with Gasteiger partial charge < -0.3 is 5.11 Å². The Kier molecular flexibility index (Phi) is 5.14. The molecule has 0 aliphatic heterocycles. The number of aliphatic hydroxyl groups excluding tert-OH is 1. The van der Waals surface area contributed by atoms with Crippen molar-refractivity contribution >= 4 is 0 Å². The van der Waals surface area contributed by atoms with E-state index < -0.39 is 0 Å². The zero-order valence-electron chi connectivity index (χ0n) is 11.3. The van der Waals surface area contributed by atoms with Crippen molar-refractivity contribution < 1.29 is 5.11 Å². The Morgan fingerprint density at radius 2 is 2.11 bits per heavy atom. The number of nitrogens with zero attached hydrogens (tertiary/aromatic N) is 2. The SMILES string of the molecule is CC(O)CN(Cc1ccccn1)C1CCCCC1. The van der Waals surface area contributed by atoms with Gasteiger partial charge in [-0.05, 0) is 31.9 Å². The van der Waals surface area contributed by atoms with Gasteiger partial charge in [-0.15, -0.1) is 0 Å². The van der Waals surface area contributed by atoms with Gasteiger partial charge in [0.25, 0.3) is 0 Å². The normalized spacial score (nSPS) is 19.1. The average molecular weight is 248 g/mol. The Bertz CT molecular complexity index is 334. The highest BCUT2D eigenvalue weighted by Crippen LogP contribution is 2.23. The Hall–Kier alpha value is -0.930. The molecule has 1 aliphatic carbocycles. The number of pyridine rings is 1. The molecule has 0 bridgehead atoms. The summed E-state index contributed by atoms with van der Waals surface area (Å²) < 4.78 is 0. The molecule has 1 heterocycles. The van der Waals surface area contributed by atoms with E-state index in [2.05, 4.69) is 16.0 Å². The van der Waals surface area contributed by atoms with E-state index in [0.29, 0.717) is 6.04 Å². The standard InChI is InChI=1S/C15H24N2O/c1-13(18)11-17(15-8-3-2-4-9-15)12-14-7-5-6-10-16-14/h5-7,10,13,15,18H,2-4,8-9,11-12H2,1H3. The molecule has 0 aromatic carbocycles. The van der Waals surface area contributed by atoms with Gasteiger partial charge in [0.15, 0.2) is 0 Å². The summed E-state index contributed by atoms with van der Waals surface area (Å²) >= 11 is 0. The number of aromatic nitrogens is 1. The Morgan fingerprint density at radius 1 is 1.33 bits per heavy atom. The van der Waals surface area contributed by atoms with Crippen molar-refractivity contribution in [3.8, 4) is 0 Å². The van der Waals surface area contributed by atoms with E-state index in [0.717, 1.165) is 18.8 Å². The fourth-order valence-corrected chi connectivity index (χ4v) is 2.83. The lowest BCUT2D eigenvalue weighted by molar-refractivity contribution is 0.0760. The van der Waals surface area contributed by atoms with Crippen LogP contribution in [0.5, 0.6) is 0 Å². The van der Waals surface area contributed by atoms with Crippen LogP contribution in [0, 0.1) is 0 Å². The third-order valence-corrected chi connectivity index (χ3v) is 3.68. The highest BCUT2D eigenvalue weighted by Gasteiger charge is 2.22. The van der Waals surface area contributed by atoms with Gasteiger partial charge >= 0.3 is 0 Å². The molecule has 1 aromatic heterocycles. The molecular weight excluding hydrogens is 224 g/mol. The maximum absolute atomic E-state index is 9.67. The van der Waals surface area contributed by atoms with Gasteiger partial charge in [-0.1, -0.05) is 25.3 Å². The van der Waals surface area contributed by atoms with Gasteiger partial charge in [0.1, 0.15) is 0 Å². The van der Waals surface area contributed by atoms with Crippen LogP contribution in [-0.4, -0.2) is 33.7 Å². The second kappa shape index (κ2) is 6.86. The lowest BCUT2D eigenvalue weighted by Gasteiger charge is -2.34. The Morgan fingerprint density at radius 3 is 2.72 bits per heavy atom. The summed E-state index contributed by atoms with van der Waals surface area (Å²) in [6, 6.07) is 6.67. The van der Waals surface area contributed by atoms with E-state index in [-0.39, 0.29) is 6.10 Å². The molecule has 3 nitrogen and oxygen atoms in total. The fraction of sp³-hybridized carbons (Fsp3) is 0.667. The zero-order chi connectivity index (χ0) is 12.8. The molecule has 1 fully saturated rings. The number of rotatable bonds is 5. The smallest absolute Gasteiger partial charge is 0.0639 e. The molecule has 1 unspecified atom stereocenters. The highest BCUT2D eigenvalue weighted by atomic mass is 16.3. The van der Waals surface area contributed by atoms with Gasteiger partial charge in [-0.3, -0.25) is 9.88 Å². The summed E-state index contributed by atoms with van der Waals surface area (Å²) in [5.74, 6) is 0. The fourth-order valence-electron chi connectivity index (χ4n) is 2.83. The molecule has 0 saturated heterocycles. The van der Waals surface area contributed by atoms with Crippen molar-refractivity contribution in [1.29, 1.82) is 0 Å². The van der Waals surface area contributed by atoms with Crippen LogP contribution in [0.4, 0.5) is 0 Å². The lowest BCUT2D eigenvalue weighted by atomic mass is 9.94. The number of hydrogen-bond acceptors (Lipinski definition) is 3. The van der Waals surface area contributed by atoms with Crippen LogP contribution in [0.25, 0.3) is 0 Å². The van der Waals surface area contributed by atoms with E-state index >= 15 is 0 Å². The number of hydrogen-bond donors (Lipinski definition) is 1. The largest absolute Gasteiger partial charge is 0.392 e. The van der Waals surface area contributed by atoms with Crippen LogP contribution in [-0.2, 0) is 6.54 Å². The molecular formula is C15H24N2O. The molecule has 1 aromatic rings. The Balaban J connectivity index is 1.99. The first-order valence-corrected chi connectivity index (χ1v) is 7.07. The van der Waals surface area contributed by atoms with Crippen molar-refractivity contribution in [1.82, 2.24) is 9.88 Å². The topological polar surface area (TPSA) is 36.4 Å². The van der Waals surface area contributed by atoms with Crippen LogP contribution in [0.15, 0.2) is 24.4 Å². The van der Waals surface area contributed by atoms with Gasteiger partial charge in [0, 0.05) is 25.3 Å². The summed E-state index contributed by atoms with van der Waals surface area (Å²) in [5, 5.41) is 9.67. The van der Waals surface area contributed by atoms with Gasteiger partial charge in [-0.2, -0.15) is 0 Å². The minimum absolute atomic E-state index is 0.268. The van der Waals surface area contributed by atoms with E-state index in [1.807, 2.05) is 25.3 Å². The van der Waals surface area contributed by atoms with E-state index in [4.69, 9.17) is 0 Å². The maximum atomic E-state index is 9.67. The predicted octanol–water partition coefficient (Wildman–Crippen LogP) is 2.60. The Labute approximate surface area is 110 Å². The lowest BCUT2D eigenvalue weighted by Crippen LogP contribution is -2.40. The summed E-state index contributed by atoms with van der Waals surface area (Å²) in [6.07, 6.45) is 8.11. The second-order valence-corrected chi connectivity index (χ2v) is 5.39. The summed E-state index contributed by atoms with van der Waals surface area (Å²) in [6.45, 7) is 3.48. The van der Waals surface area contributed by atoms with E-state index in [9.17, 15) is 5.11 Å². The van der Waals surface area contributed by atoms with Gasteiger partial charge in [0.05, 0.1) is 11.8 Å². The van der Waals surface area contributed by atoms with Crippen molar-refractivity contribution in [2.75, 3.05) is 6.54 Å². The van der Waals surface area contributed by atoms with Crippen LogP contribution in [0.1, 0.15) is 44.7 Å². The minimum atomic E-state index is -0.268. The number of aliphatic hydroxyl groups is 1. The molecule has 1 aliphatic rings. The zero-order valence-corrected chi connectivity index (χ0v) is 11.3. The molecule has 0 radical (unpaired) electrons. The predicted molar refractivity (Wildman–Crippen MR) is 73.2 cm³/mol. The molecule has 2 rings (SSSR count). The molecule has 0 spiro atoms. The van der Waals surface area contributed by atoms with Gasteiger partial charge in [-0.25, -0.2) is 0 Å². The molecule has 1 N–H and O–H groups in total. The summed E-state index contributed by atoms with van der Waals surface area (Å²) in [7, 11) is 0. The van der Waals surface area contributed by atoms with Crippen molar-refractivity contribution in [2.24, 2.45) is 0 Å². The highest BCUT2D eigenvalue weighted by molar-refractivity contribution is 5.03. The van der Waals surface area contributed by atoms with Crippen LogP contribution in [0.2, 0.25) is 0 Å². The van der Waals surface area contributed by atoms with E-state index in [1.165, 1.54) is 32.1 Å². The van der Waals surface area contributed by atoms with Crippen LogP contribution in [0.3, 0.4) is 0 Å². The molecule has 18 heavy (non-hydrogen) atoms. The van der Waals surface area contributed by atoms with Crippen LogP contribution < -0.4 is 0 Å². The molecule has 1 saturated carbocycles. The van der Waals surface area contributed by atoms with Crippen LogP contribution >= 0.6 is 0 Å². The first-order valence-electron chi connectivity index (χ1n) is 7.07. The summed E-state index contributed by atoms with van der Waals surface area (Å²) in [5.41, 5.74) is 1.10. The molecule has 1 atom stereocenters. The molecule has 0 amide bonds. The van der Waals surface area contributed by atoms with E-state index in [1.54, 1.807) is 0 Å². The maximum Gasteiger partial charge on any atom is 0.0639 e. The quantitative estimate of drug-likeness (QED) is 0.870. The van der Waals surface area contributed by atoms with Crippen molar-refractivity contribution in [3.05, 3.63) is 30.1 Å². The first kappa shape index (κ1) is 13.5. The second-order valence-electron chi connectivity index (χ2n) is 5.39. The third-order valence-electron chi connectivity index (χ3n) is 3.68. The molecule has 100 valence electrons.